The Morgan fingerprint density at radius 2 is 2.05 bits per heavy atom. The maximum atomic E-state index is 11.8. The Morgan fingerprint density at radius 1 is 1.40 bits per heavy atom. The highest BCUT2D eigenvalue weighted by molar-refractivity contribution is 8.04. The highest BCUT2D eigenvalue weighted by atomic mass is 32.2. The first-order valence-corrected chi connectivity index (χ1v) is 8.30. The molecule has 8 heteroatoms. The summed E-state index contributed by atoms with van der Waals surface area (Å²) in [6.45, 7) is 2.59. The van der Waals surface area contributed by atoms with E-state index in [4.69, 9.17) is 4.55 Å². The van der Waals surface area contributed by atoms with Gasteiger partial charge in [-0.3, -0.25) is 9.35 Å². The van der Waals surface area contributed by atoms with Crippen molar-refractivity contribution in [1.82, 2.24) is 4.90 Å². The van der Waals surface area contributed by atoms with Gasteiger partial charge in [0.2, 0.25) is 0 Å². The number of anilines is 1. The molecular weight excluding hydrogens is 300 g/mol. The van der Waals surface area contributed by atoms with E-state index in [1.165, 1.54) is 36.0 Å². The normalized spacial score (nSPS) is 17.8. The molecule has 20 heavy (non-hydrogen) atoms. The summed E-state index contributed by atoms with van der Waals surface area (Å²) >= 11 is 1.45. The summed E-state index contributed by atoms with van der Waals surface area (Å²) < 4.78 is 30.6. The minimum Gasteiger partial charge on any atom is -0.360 e. The molecule has 0 aliphatic carbocycles. The second-order valence-corrected chi connectivity index (χ2v) is 6.50. The number of carbonyl (C=O) groups excluding carboxylic acids is 1. The van der Waals surface area contributed by atoms with Gasteiger partial charge in [-0.1, -0.05) is 11.8 Å². The van der Waals surface area contributed by atoms with Crippen LogP contribution < -0.4 is 5.32 Å². The first-order valence-electron chi connectivity index (χ1n) is 5.88. The van der Waals surface area contributed by atoms with Crippen LogP contribution in [0.2, 0.25) is 0 Å². The van der Waals surface area contributed by atoms with Gasteiger partial charge in [0.25, 0.3) is 16.0 Å². The van der Waals surface area contributed by atoms with E-state index in [1.54, 1.807) is 11.1 Å². The van der Waals surface area contributed by atoms with Crippen molar-refractivity contribution in [3.05, 3.63) is 35.4 Å². The molecule has 6 nitrogen and oxygen atoms in total. The minimum absolute atomic E-state index is 0.0143. The summed E-state index contributed by atoms with van der Waals surface area (Å²) in [5.41, 5.74) is 0.633. The third kappa shape index (κ3) is 3.33. The number of thioether (sulfide) groups is 1. The van der Waals surface area contributed by atoms with Crippen LogP contribution in [0.1, 0.15) is 6.92 Å². The lowest BCUT2D eigenvalue weighted by Gasteiger charge is -2.09. The Labute approximate surface area is 121 Å². The van der Waals surface area contributed by atoms with Gasteiger partial charge in [-0.05, 0) is 31.2 Å². The third-order valence-electron chi connectivity index (χ3n) is 2.78. The standard InChI is InChI=1S/C12H14N2O4S2/c1-2-14-8-19-11(12(14)15)7-13-9-3-5-10(6-4-9)20(16,17)18/h3-7,13H,2,8H2,1H3,(H,16,17,18). The van der Waals surface area contributed by atoms with Crippen molar-refractivity contribution in [1.29, 1.82) is 0 Å². The van der Waals surface area contributed by atoms with Gasteiger partial charge in [0.1, 0.15) is 0 Å². The summed E-state index contributed by atoms with van der Waals surface area (Å²) in [6, 6.07) is 5.61. The van der Waals surface area contributed by atoms with Crippen molar-refractivity contribution in [3.8, 4) is 0 Å². The van der Waals surface area contributed by atoms with E-state index in [-0.39, 0.29) is 10.8 Å². The zero-order chi connectivity index (χ0) is 14.8. The van der Waals surface area contributed by atoms with Gasteiger partial charge in [0.15, 0.2) is 0 Å². The Kier molecular flexibility index (Phi) is 4.36. The van der Waals surface area contributed by atoms with Crippen LogP contribution in [0.4, 0.5) is 5.69 Å². The molecule has 1 aliphatic heterocycles. The molecule has 1 heterocycles. The van der Waals surface area contributed by atoms with Gasteiger partial charge in [-0.25, -0.2) is 0 Å². The number of carbonyl (C=O) groups is 1. The molecular formula is C12H14N2O4S2. The minimum atomic E-state index is -4.18. The summed E-state index contributed by atoms with van der Waals surface area (Å²) in [5, 5.41) is 2.93. The Balaban J connectivity index is 2.07. The molecule has 0 bridgehead atoms. The summed E-state index contributed by atoms with van der Waals surface area (Å²) in [7, 11) is -4.18. The molecule has 0 spiro atoms. The molecule has 0 saturated carbocycles. The average molecular weight is 314 g/mol. The molecule has 2 N–H and O–H groups in total. The number of hydrogen-bond acceptors (Lipinski definition) is 5. The van der Waals surface area contributed by atoms with Crippen molar-refractivity contribution in [2.24, 2.45) is 0 Å². The van der Waals surface area contributed by atoms with Crippen molar-refractivity contribution in [2.45, 2.75) is 11.8 Å². The molecule has 1 fully saturated rings. The number of rotatable bonds is 4. The number of hydrogen-bond donors (Lipinski definition) is 2. The Bertz CT molecular complexity index is 638. The van der Waals surface area contributed by atoms with Gasteiger partial charge < -0.3 is 10.2 Å². The van der Waals surface area contributed by atoms with E-state index >= 15 is 0 Å². The van der Waals surface area contributed by atoms with E-state index in [0.717, 1.165) is 0 Å². The first kappa shape index (κ1) is 14.9. The molecule has 0 aromatic heterocycles. The van der Waals surface area contributed by atoms with E-state index in [1.807, 2.05) is 6.92 Å². The Hall–Kier alpha value is -1.51. The summed E-state index contributed by atoms with van der Waals surface area (Å²) in [4.78, 5) is 14.0. The molecule has 1 aromatic rings. The van der Waals surface area contributed by atoms with Crippen molar-refractivity contribution in [3.63, 3.8) is 0 Å². The highest BCUT2D eigenvalue weighted by Crippen LogP contribution is 2.27. The SMILES string of the molecule is CCN1CSC(=CNc2ccc(S(=O)(=O)O)cc2)C1=O. The number of benzene rings is 1. The number of likely N-dealkylation sites (N-methyl/N-ethyl adjacent to an activating group) is 1. The third-order valence-corrected chi connectivity index (χ3v) is 4.69. The molecule has 1 aromatic carbocycles. The lowest BCUT2D eigenvalue weighted by molar-refractivity contribution is -0.124. The van der Waals surface area contributed by atoms with Gasteiger partial charge in [-0.15, -0.1) is 0 Å². The van der Waals surface area contributed by atoms with Gasteiger partial charge in [0, 0.05) is 18.4 Å². The van der Waals surface area contributed by atoms with Gasteiger partial charge in [-0.2, -0.15) is 8.42 Å². The number of nitrogens with one attached hydrogen (secondary N) is 1. The maximum absolute atomic E-state index is 11.8. The monoisotopic (exact) mass is 314 g/mol. The van der Waals surface area contributed by atoms with E-state index in [0.29, 0.717) is 23.0 Å². The predicted octanol–water partition coefficient (Wildman–Crippen LogP) is 1.74. The predicted molar refractivity (Wildman–Crippen MR) is 77.8 cm³/mol. The fraction of sp³-hybridized carbons (Fsp3) is 0.250. The van der Waals surface area contributed by atoms with Crippen molar-refractivity contribution < 1.29 is 17.8 Å². The van der Waals surface area contributed by atoms with Crippen LogP contribution in [0.3, 0.4) is 0 Å². The van der Waals surface area contributed by atoms with Crippen molar-refractivity contribution >= 4 is 33.5 Å². The van der Waals surface area contributed by atoms with Crippen LogP contribution in [0.5, 0.6) is 0 Å². The highest BCUT2D eigenvalue weighted by Gasteiger charge is 2.24. The second kappa shape index (κ2) is 5.86. The molecule has 0 unspecified atom stereocenters. The van der Waals surface area contributed by atoms with E-state index in [9.17, 15) is 13.2 Å². The van der Waals surface area contributed by atoms with Crippen LogP contribution in [0.15, 0.2) is 40.3 Å². The van der Waals surface area contributed by atoms with Crippen molar-refractivity contribution in [2.75, 3.05) is 17.7 Å². The maximum Gasteiger partial charge on any atom is 0.294 e. The number of nitrogens with zero attached hydrogens (tertiary/aromatic N) is 1. The van der Waals surface area contributed by atoms with Gasteiger partial charge in [0.05, 0.1) is 15.7 Å². The second-order valence-electron chi connectivity index (χ2n) is 4.09. The lowest BCUT2D eigenvalue weighted by atomic mass is 10.3. The van der Waals surface area contributed by atoms with E-state index in [2.05, 4.69) is 5.32 Å². The fourth-order valence-corrected chi connectivity index (χ4v) is 3.10. The van der Waals surface area contributed by atoms with Crippen LogP contribution >= 0.6 is 11.8 Å². The number of amides is 1. The van der Waals surface area contributed by atoms with Crippen LogP contribution in [0.25, 0.3) is 0 Å². The molecule has 0 radical (unpaired) electrons. The smallest absolute Gasteiger partial charge is 0.294 e. The Morgan fingerprint density at radius 3 is 2.55 bits per heavy atom. The quantitative estimate of drug-likeness (QED) is 0.650. The molecule has 1 amide bonds. The summed E-state index contributed by atoms with van der Waals surface area (Å²) in [6.07, 6.45) is 1.60. The van der Waals surface area contributed by atoms with Gasteiger partial charge >= 0.3 is 0 Å². The fourth-order valence-electron chi connectivity index (χ4n) is 1.63. The molecule has 1 saturated heterocycles. The summed E-state index contributed by atoms with van der Waals surface area (Å²) in [5.74, 6) is 0.629. The largest absolute Gasteiger partial charge is 0.360 e. The zero-order valence-electron chi connectivity index (χ0n) is 10.7. The van der Waals surface area contributed by atoms with Crippen LogP contribution in [0, 0.1) is 0 Å². The van der Waals surface area contributed by atoms with Crippen LogP contribution in [-0.4, -0.2) is 36.2 Å². The molecule has 1 aliphatic rings. The first-order chi connectivity index (χ1) is 9.41. The molecule has 0 atom stereocenters. The van der Waals surface area contributed by atoms with E-state index < -0.39 is 10.1 Å². The topological polar surface area (TPSA) is 86.7 Å². The molecule has 2 rings (SSSR count). The lowest BCUT2D eigenvalue weighted by Crippen LogP contribution is -2.24. The zero-order valence-corrected chi connectivity index (χ0v) is 12.4. The van der Waals surface area contributed by atoms with Crippen LogP contribution in [-0.2, 0) is 14.9 Å². The molecule has 108 valence electrons. The average Bonchev–Trinajstić information content (AvgIpc) is 2.76.